The lowest BCUT2D eigenvalue weighted by molar-refractivity contribution is -0.141. The molecule has 0 radical (unpaired) electrons. The van der Waals surface area contributed by atoms with E-state index in [0.29, 0.717) is 37.6 Å². The predicted octanol–water partition coefficient (Wildman–Crippen LogP) is 5.23. The zero-order valence-electron chi connectivity index (χ0n) is 33.9. The highest BCUT2D eigenvalue weighted by molar-refractivity contribution is 5.87. The number of ether oxygens (including phenoxy) is 4. The lowest BCUT2D eigenvalue weighted by Gasteiger charge is -2.37. The van der Waals surface area contributed by atoms with E-state index in [-0.39, 0.29) is 18.4 Å². The Morgan fingerprint density at radius 1 is 0.789 bits per heavy atom. The Labute approximate surface area is 333 Å². The van der Waals surface area contributed by atoms with Crippen molar-refractivity contribution in [3.8, 4) is 33.6 Å². The van der Waals surface area contributed by atoms with Crippen molar-refractivity contribution in [1.82, 2.24) is 40.4 Å². The van der Waals surface area contributed by atoms with Gasteiger partial charge in [0.15, 0.2) is 0 Å². The smallest absolute Gasteiger partial charge is 0.407 e. The first kappa shape index (κ1) is 42.4. The molecule has 4 amide bonds. The van der Waals surface area contributed by atoms with Gasteiger partial charge in [0, 0.05) is 27.3 Å². The number of H-pyrrole nitrogens is 2. The number of rotatable bonds is 16. The number of amides is 4. The van der Waals surface area contributed by atoms with Crippen molar-refractivity contribution in [3.63, 3.8) is 0 Å². The summed E-state index contributed by atoms with van der Waals surface area (Å²) in [5.41, 5.74) is 4.84. The van der Waals surface area contributed by atoms with Crippen LogP contribution in [0.15, 0.2) is 60.9 Å². The summed E-state index contributed by atoms with van der Waals surface area (Å²) in [6, 6.07) is 14.4. The highest BCUT2D eigenvalue weighted by atomic mass is 16.5. The molecule has 16 nitrogen and oxygen atoms in total. The highest BCUT2D eigenvalue weighted by Crippen LogP contribution is 2.39. The van der Waals surface area contributed by atoms with Crippen LogP contribution >= 0.6 is 0 Å². The molecule has 5 rings (SSSR count). The predicted molar refractivity (Wildman–Crippen MR) is 213 cm³/mol. The minimum Gasteiger partial charge on any atom is -0.453 e. The van der Waals surface area contributed by atoms with E-state index >= 15 is 0 Å². The highest BCUT2D eigenvalue weighted by Gasteiger charge is 2.46. The molecular formula is C41H54N8O8. The molecule has 2 aromatic carbocycles. The van der Waals surface area contributed by atoms with Crippen LogP contribution in [0, 0.1) is 0 Å². The number of methoxy groups -OCH3 is 4. The van der Waals surface area contributed by atoms with Crippen molar-refractivity contribution in [1.29, 1.82) is 0 Å². The Balaban J connectivity index is 1.26. The van der Waals surface area contributed by atoms with Crippen molar-refractivity contribution in [2.45, 2.75) is 83.3 Å². The molecule has 57 heavy (non-hydrogen) atoms. The average Bonchev–Trinajstić information content (AvgIpc) is 4.02. The minimum absolute atomic E-state index is 0.225. The first-order valence-corrected chi connectivity index (χ1v) is 19.0. The maximum atomic E-state index is 13.8. The van der Waals surface area contributed by atoms with Crippen LogP contribution in [-0.4, -0.2) is 120 Å². The summed E-state index contributed by atoms with van der Waals surface area (Å²) in [6.07, 6.45) is 3.16. The van der Waals surface area contributed by atoms with Gasteiger partial charge >= 0.3 is 12.2 Å². The zero-order chi connectivity index (χ0) is 41.3. The molecule has 1 unspecified atom stereocenters. The van der Waals surface area contributed by atoms with Crippen LogP contribution in [0.4, 0.5) is 9.59 Å². The van der Waals surface area contributed by atoms with Gasteiger partial charge in [0.25, 0.3) is 0 Å². The van der Waals surface area contributed by atoms with Gasteiger partial charge in [-0.3, -0.25) is 9.59 Å². The Kier molecular flexibility index (Phi) is 14.1. The van der Waals surface area contributed by atoms with Gasteiger partial charge in [0.2, 0.25) is 11.8 Å². The monoisotopic (exact) mass is 786 g/mol. The molecule has 0 saturated carbocycles. The fourth-order valence-electron chi connectivity index (χ4n) is 7.06. The second-order valence-corrected chi connectivity index (χ2v) is 14.3. The molecule has 1 aliphatic rings. The molecule has 1 fully saturated rings. The number of hydrogen-bond donors (Lipinski definition) is 4. The third kappa shape index (κ3) is 9.63. The van der Waals surface area contributed by atoms with Gasteiger partial charge in [-0.05, 0) is 62.3 Å². The summed E-state index contributed by atoms with van der Waals surface area (Å²) in [5.74, 6) is 0.713. The van der Waals surface area contributed by atoms with E-state index in [1.807, 2.05) is 62.4 Å². The van der Waals surface area contributed by atoms with E-state index < -0.39 is 42.0 Å². The fourth-order valence-corrected chi connectivity index (χ4v) is 7.06. The maximum absolute atomic E-state index is 13.8. The van der Waals surface area contributed by atoms with Crippen LogP contribution in [-0.2, 0) is 40.6 Å². The molecule has 1 saturated heterocycles. The largest absolute Gasteiger partial charge is 0.453 e. The number of imidazole rings is 2. The molecule has 4 N–H and O–H groups in total. The van der Waals surface area contributed by atoms with Crippen molar-refractivity contribution in [2.24, 2.45) is 0 Å². The van der Waals surface area contributed by atoms with Gasteiger partial charge < -0.3 is 49.3 Å². The molecule has 1 aliphatic heterocycles. The van der Waals surface area contributed by atoms with Crippen LogP contribution in [0.5, 0.6) is 0 Å². The van der Waals surface area contributed by atoms with Crippen LogP contribution in [0.3, 0.4) is 0 Å². The van der Waals surface area contributed by atoms with Gasteiger partial charge in [0.1, 0.15) is 23.7 Å². The third-order valence-electron chi connectivity index (χ3n) is 10.6. The van der Waals surface area contributed by atoms with Crippen molar-refractivity contribution < 1.29 is 38.1 Å². The van der Waals surface area contributed by atoms with Crippen molar-refractivity contribution in [3.05, 3.63) is 72.6 Å². The number of nitrogens with one attached hydrogen (secondary N) is 4. The van der Waals surface area contributed by atoms with Gasteiger partial charge in [-0.15, -0.1) is 0 Å². The summed E-state index contributed by atoms with van der Waals surface area (Å²) >= 11 is 0. The van der Waals surface area contributed by atoms with E-state index in [9.17, 15) is 19.2 Å². The summed E-state index contributed by atoms with van der Waals surface area (Å²) < 4.78 is 20.3. The van der Waals surface area contributed by atoms with Crippen LogP contribution < -0.4 is 10.6 Å². The third-order valence-corrected chi connectivity index (χ3v) is 10.6. The zero-order valence-corrected chi connectivity index (χ0v) is 33.9. The molecule has 4 aromatic rings. The van der Waals surface area contributed by atoms with Gasteiger partial charge in [0.05, 0.1) is 62.3 Å². The quantitative estimate of drug-likeness (QED) is 0.117. The molecule has 0 aliphatic carbocycles. The minimum atomic E-state index is -0.923. The van der Waals surface area contributed by atoms with Gasteiger partial charge in [-0.25, -0.2) is 19.6 Å². The number of aromatic nitrogens is 4. The molecule has 0 bridgehead atoms. The lowest BCUT2D eigenvalue weighted by atomic mass is 9.96. The summed E-state index contributed by atoms with van der Waals surface area (Å²) in [7, 11) is 5.48. The number of carbonyl (C=O) groups excluding carboxylic acids is 4. The van der Waals surface area contributed by atoms with Crippen LogP contribution in [0.2, 0.25) is 0 Å². The Bertz CT molecular complexity index is 1980. The number of likely N-dealkylation sites (tertiary alicyclic amines) is 1. The van der Waals surface area contributed by atoms with E-state index in [1.165, 1.54) is 28.4 Å². The van der Waals surface area contributed by atoms with Gasteiger partial charge in [-0.1, -0.05) is 55.5 Å². The normalized spacial score (nSPS) is 17.3. The number of aromatic amines is 2. The first-order valence-electron chi connectivity index (χ1n) is 19.0. The van der Waals surface area contributed by atoms with E-state index in [0.717, 1.165) is 40.1 Å². The second kappa shape index (κ2) is 18.9. The number of carbonyl (C=O) groups is 4. The van der Waals surface area contributed by atoms with E-state index in [4.69, 9.17) is 23.9 Å². The Hall–Kier alpha value is -5.74. The molecule has 3 heterocycles. The number of alkyl carbamates (subject to hydrolysis) is 2. The molecular weight excluding hydrogens is 732 g/mol. The molecule has 5 atom stereocenters. The summed E-state index contributed by atoms with van der Waals surface area (Å²) in [5, 5.41) is 5.22. The molecule has 0 spiro atoms. The topological polar surface area (TPSA) is 193 Å². The number of hydrogen-bond acceptors (Lipinski definition) is 10. The molecule has 306 valence electrons. The van der Waals surface area contributed by atoms with E-state index in [2.05, 4.69) is 25.6 Å². The average molecular weight is 787 g/mol. The maximum Gasteiger partial charge on any atom is 0.407 e. The second-order valence-electron chi connectivity index (χ2n) is 14.3. The number of benzene rings is 2. The fraction of sp³-hybridized carbons (Fsp3) is 0.463. The van der Waals surface area contributed by atoms with Crippen LogP contribution in [0.25, 0.3) is 33.6 Å². The summed E-state index contributed by atoms with van der Waals surface area (Å²) in [6.45, 7) is 8.61. The van der Waals surface area contributed by atoms with Crippen LogP contribution in [0.1, 0.15) is 58.6 Å². The summed E-state index contributed by atoms with van der Waals surface area (Å²) in [4.78, 5) is 70.8. The van der Waals surface area contributed by atoms with Crippen molar-refractivity contribution >= 4 is 24.0 Å². The SMILES string of the molecule is CCCN(Cc1ncc(-c2ccc(-c3ccc(-c4cnc([C@]5(C)CCCN5C(=O)C(NC(=O)OC)[C@@H](C)OC)[nH]4)cc3)cc2)[nH]1)C(=O)[C@@H](NC(=O)OC)[C@@H](C)OC. The Morgan fingerprint density at radius 3 is 1.84 bits per heavy atom. The number of nitrogens with zero attached hydrogens (tertiary/aromatic N) is 4. The van der Waals surface area contributed by atoms with E-state index in [1.54, 1.807) is 36.0 Å². The molecule has 16 heteroatoms. The van der Waals surface area contributed by atoms with Crippen molar-refractivity contribution in [2.75, 3.05) is 41.5 Å². The molecule has 2 aromatic heterocycles. The first-order chi connectivity index (χ1) is 27.4. The Morgan fingerprint density at radius 2 is 1.30 bits per heavy atom. The standard InChI is InChI=1S/C41H54N8O8/c1-9-20-48(36(50)34(25(2)54-5)46-39(52)56-7)24-33-42-22-31(44-33)29-15-11-27(12-16-29)28-13-17-30(18-14-28)32-23-43-38(45-32)41(4)19-10-21-49(41)37(51)35(26(3)55-6)47-40(53)57-8/h11-18,22-23,25-26,34-35H,9-10,19-21,24H2,1-8H3,(H,42,44)(H,43,45)(H,46,52)(H,47,53)/t25-,26-,34+,35?,41+/m1/s1. The van der Waals surface area contributed by atoms with Gasteiger partial charge in [-0.2, -0.15) is 0 Å². The lowest BCUT2D eigenvalue weighted by Crippen LogP contribution is -2.57.